The van der Waals surface area contributed by atoms with Crippen molar-refractivity contribution in [2.45, 2.75) is 39.5 Å². The summed E-state index contributed by atoms with van der Waals surface area (Å²) >= 11 is -1.13. The van der Waals surface area contributed by atoms with Crippen LogP contribution >= 0.6 is 0 Å². The van der Waals surface area contributed by atoms with E-state index in [0.29, 0.717) is 0 Å². The van der Waals surface area contributed by atoms with Gasteiger partial charge in [0.05, 0.1) is 11.4 Å². The van der Waals surface area contributed by atoms with Gasteiger partial charge in [0.1, 0.15) is 0 Å². The van der Waals surface area contributed by atoms with Crippen LogP contribution in [0.2, 0.25) is 0 Å². The summed E-state index contributed by atoms with van der Waals surface area (Å²) in [4.78, 5) is 0. The van der Waals surface area contributed by atoms with Crippen LogP contribution in [0.1, 0.15) is 43.7 Å². The zero-order chi connectivity index (χ0) is 11.7. The number of anilines is 2. The monoisotopic (exact) mass is 238 g/mol. The second kappa shape index (κ2) is 4.45. The molecule has 3 nitrogen and oxygen atoms in total. The molecule has 1 fully saturated rings. The smallest absolute Gasteiger partial charge is 0.220 e. The summed E-state index contributed by atoms with van der Waals surface area (Å²) in [7, 11) is 0. The molecule has 0 aromatic heterocycles. The summed E-state index contributed by atoms with van der Waals surface area (Å²) < 4.78 is 17.1. The van der Waals surface area contributed by atoms with Crippen molar-refractivity contribution in [1.29, 1.82) is 0 Å². The van der Waals surface area contributed by atoms with Crippen LogP contribution in [-0.2, 0) is 11.2 Å². The second-order valence-electron chi connectivity index (χ2n) is 4.01. The van der Waals surface area contributed by atoms with Crippen molar-refractivity contribution in [1.82, 2.24) is 0 Å². The Balaban J connectivity index is 0.000000457. The van der Waals surface area contributed by atoms with Gasteiger partial charge in [-0.05, 0) is 42.9 Å². The lowest BCUT2D eigenvalue weighted by Gasteiger charge is -2.05. The van der Waals surface area contributed by atoms with E-state index in [2.05, 4.69) is 28.5 Å². The van der Waals surface area contributed by atoms with Gasteiger partial charge in [-0.2, -0.15) is 0 Å². The lowest BCUT2D eigenvalue weighted by molar-refractivity contribution is 0.690. The van der Waals surface area contributed by atoms with Crippen LogP contribution in [0.3, 0.4) is 0 Å². The van der Waals surface area contributed by atoms with Gasteiger partial charge in [0.15, 0.2) is 0 Å². The van der Waals surface area contributed by atoms with Crippen molar-refractivity contribution in [3.63, 3.8) is 0 Å². The summed E-state index contributed by atoms with van der Waals surface area (Å²) in [6, 6.07) is 4.32. The molecule has 1 aromatic carbocycles. The summed E-state index contributed by atoms with van der Waals surface area (Å²) in [6.07, 6.45) is 2.60. The first kappa shape index (κ1) is 11.5. The van der Waals surface area contributed by atoms with E-state index in [9.17, 15) is 4.21 Å². The van der Waals surface area contributed by atoms with Crippen molar-refractivity contribution < 1.29 is 4.21 Å². The van der Waals surface area contributed by atoms with E-state index in [1.54, 1.807) is 0 Å². The molecule has 1 heterocycles. The average molecular weight is 238 g/mol. The highest BCUT2D eigenvalue weighted by molar-refractivity contribution is 7.88. The van der Waals surface area contributed by atoms with Gasteiger partial charge in [0, 0.05) is 0 Å². The van der Waals surface area contributed by atoms with Crippen molar-refractivity contribution >= 4 is 22.5 Å². The second-order valence-corrected chi connectivity index (χ2v) is 4.95. The Morgan fingerprint density at radius 1 is 1.25 bits per heavy atom. The zero-order valence-corrected chi connectivity index (χ0v) is 10.8. The highest BCUT2D eigenvalue weighted by Gasteiger charge is 2.26. The normalized spacial score (nSPS) is 21.3. The summed E-state index contributed by atoms with van der Waals surface area (Å²) in [5, 5.41) is 0. The molecule has 2 aliphatic rings. The highest BCUT2D eigenvalue weighted by atomic mass is 32.2. The van der Waals surface area contributed by atoms with E-state index in [1.165, 1.54) is 24.0 Å². The number of hydrogen-bond acceptors (Lipinski definition) is 1. The molecule has 1 unspecified atom stereocenters. The molecule has 3 rings (SSSR count). The Labute approximate surface area is 99.4 Å². The van der Waals surface area contributed by atoms with Crippen molar-refractivity contribution in [3.05, 3.63) is 23.3 Å². The average Bonchev–Trinajstić information content (AvgIpc) is 3.04. The molecular formula is C12H18N2OS. The minimum absolute atomic E-state index is 0.745. The van der Waals surface area contributed by atoms with Gasteiger partial charge in [-0.15, -0.1) is 0 Å². The molecule has 4 heteroatoms. The predicted octanol–water partition coefficient (Wildman–Crippen LogP) is 3.31. The molecule has 0 bridgehead atoms. The largest absolute Gasteiger partial charge is 0.286 e. The van der Waals surface area contributed by atoms with Gasteiger partial charge in [-0.3, -0.25) is 9.44 Å². The molecule has 2 N–H and O–H groups in total. The summed E-state index contributed by atoms with van der Waals surface area (Å²) in [5.41, 5.74) is 4.55. The molecule has 1 atom stereocenters. The van der Waals surface area contributed by atoms with E-state index in [-0.39, 0.29) is 0 Å². The Bertz CT molecular complexity index is 427. The van der Waals surface area contributed by atoms with E-state index >= 15 is 0 Å². The number of aryl methyl sites for hydroxylation is 1. The molecule has 1 aliphatic carbocycles. The minimum atomic E-state index is -1.13. The molecule has 0 amide bonds. The Morgan fingerprint density at radius 2 is 1.94 bits per heavy atom. The van der Waals surface area contributed by atoms with E-state index < -0.39 is 11.2 Å². The lowest BCUT2D eigenvalue weighted by atomic mass is 10.0. The third kappa shape index (κ3) is 2.07. The standard InChI is InChI=1S/C10H12N2OS.C2H6/c1-6-4-8(7-2-3-7)5-9-10(6)12-14(13)11-9;1-2/h4-5,7,11-12H,2-3H2,1H3;1-2H3. The Hall–Kier alpha value is -1.03. The van der Waals surface area contributed by atoms with Crippen LogP contribution in [0.4, 0.5) is 11.4 Å². The van der Waals surface area contributed by atoms with Gasteiger partial charge >= 0.3 is 0 Å². The van der Waals surface area contributed by atoms with Crippen LogP contribution in [0.5, 0.6) is 0 Å². The highest BCUT2D eigenvalue weighted by Crippen LogP contribution is 2.44. The summed E-state index contributed by atoms with van der Waals surface area (Å²) in [6.45, 7) is 6.06. The van der Waals surface area contributed by atoms with Gasteiger partial charge in [0.2, 0.25) is 11.2 Å². The third-order valence-electron chi connectivity index (χ3n) is 2.80. The maximum atomic E-state index is 11.2. The van der Waals surface area contributed by atoms with Gasteiger partial charge in [-0.25, -0.2) is 4.21 Å². The van der Waals surface area contributed by atoms with E-state index in [0.717, 1.165) is 17.3 Å². The molecule has 0 radical (unpaired) electrons. The number of nitrogens with one attached hydrogen (secondary N) is 2. The third-order valence-corrected chi connectivity index (χ3v) is 3.60. The Morgan fingerprint density at radius 3 is 2.56 bits per heavy atom. The number of benzene rings is 1. The molecule has 16 heavy (non-hydrogen) atoms. The van der Waals surface area contributed by atoms with Gasteiger partial charge in [0.25, 0.3) is 0 Å². The number of fused-ring (bicyclic) bond motifs is 1. The van der Waals surface area contributed by atoms with Crippen LogP contribution < -0.4 is 9.44 Å². The maximum absolute atomic E-state index is 11.2. The quantitative estimate of drug-likeness (QED) is 0.774. The first-order valence-electron chi connectivity index (χ1n) is 5.83. The van der Waals surface area contributed by atoms with Gasteiger partial charge < -0.3 is 0 Å². The number of hydrogen-bond donors (Lipinski definition) is 2. The topological polar surface area (TPSA) is 41.1 Å². The Kier molecular flexibility index (Phi) is 3.19. The summed E-state index contributed by atoms with van der Waals surface area (Å²) in [5.74, 6) is 0.745. The van der Waals surface area contributed by atoms with Crippen LogP contribution in [0.25, 0.3) is 0 Å². The minimum Gasteiger partial charge on any atom is -0.286 e. The van der Waals surface area contributed by atoms with Crippen LogP contribution in [0, 0.1) is 6.92 Å². The fourth-order valence-electron chi connectivity index (χ4n) is 1.90. The van der Waals surface area contributed by atoms with Gasteiger partial charge in [-0.1, -0.05) is 19.9 Å². The molecule has 1 saturated carbocycles. The molecule has 1 aliphatic heterocycles. The SMILES string of the molecule is CC.Cc1cc(C2CC2)cc2c1NS(=O)N2. The lowest BCUT2D eigenvalue weighted by Crippen LogP contribution is -2.02. The first-order valence-corrected chi connectivity index (χ1v) is 6.98. The van der Waals surface area contributed by atoms with Crippen molar-refractivity contribution in [3.8, 4) is 0 Å². The molecule has 0 saturated heterocycles. The predicted molar refractivity (Wildman–Crippen MR) is 69.9 cm³/mol. The maximum Gasteiger partial charge on any atom is 0.220 e. The molecule has 1 aromatic rings. The number of rotatable bonds is 1. The van der Waals surface area contributed by atoms with Crippen LogP contribution in [0.15, 0.2) is 12.1 Å². The van der Waals surface area contributed by atoms with Crippen molar-refractivity contribution in [2.75, 3.05) is 9.44 Å². The first-order chi connectivity index (χ1) is 7.74. The fourth-order valence-corrected chi connectivity index (χ4v) is 2.77. The molecular weight excluding hydrogens is 220 g/mol. The zero-order valence-electron chi connectivity index (χ0n) is 9.96. The van der Waals surface area contributed by atoms with E-state index in [4.69, 9.17) is 0 Å². The van der Waals surface area contributed by atoms with E-state index in [1.807, 2.05) is 13.8 Å². The molecule has 88 valence electrons. The molecule has 0 spiro atoms. The fraction of sp³-hybridized carbons (Fsp3) is 0.500. The van der Waals surface area contributed by atoms with Crippen LogP contribution in [-0.4, -0.2) is 4.21 Å². The van der Waals surface area contributed by atoms with Crippen molar-refractivity contribution in [2.24, 2.45) is 0 Å².